The number of carboxylic acid groups (broad SMARTS) is 2. The monoisotopic (exact) mass is 956 g/mol. The van der Waals surface area contributed by atoms with Crippen molar-refractivity contribution in [2.45, 2.75) is 142 Å². The highest BCUT2D eigenvalue weighted by Crippen LogP contribution is 2.11. The van der Waals surface area contributed by atoms with E-state index in [1.807, 2.05) is 0 Å². The number of hydrogen-bond acceptors (Lipinski definition) is 13. The van der Waals surface area contributed by atoms with Gasteiger partial charge in [-0.2, -0.15) is 0 Å². The second kappa shape index (κ2) is 29.7. The number of nitrogens with two attached hydrogens (primary N) is 6. The molecule has 27 nitrogen and oxygen atoms in total. The van der Waals surface area contributed by atoms with Crippen molar-refractivity contribution < 1.29 is 58.2 Å². The number of nitrogens with one attached hydrogen (secondary N) is 7. The molecule has 0 aromatic carbocycles. The molecule has 0 aliphatic heterocycles. The van der Waals surface area contributed by atoms with Crippen molar-refractivity contribution in [1.82, 2.24) is 37.2 Å². The highest BCUT2D eigenvalue weighted by Gasteiger charge is 2.37. The molecule has 0 spiro atoms. The van der Waals surface area contributed by atoms with Gasteiger partial charge in [0.15, 0.2) is 11.9 Å². The first-order chi connectivity index (χ1) is 31.0. The molecule has 0 aromatic rings. The van der Waals surface area contributed by atoms with E-state index in [0.717, 1.165) is 0 Å². The van der Waals surface area contributed by atoms with Crippen molar-refractivity contribution in [2.75, 3.05) is 13.1 Å². The zero-order valence-electron chi connectivity index (χ0n) is 39.4. The molecule has 0 saturated heterocycles. The Morgan fingerprint density at radius 2 is 0.716 bits per heavy atom. The van der Waals surface area contributed by atoms with E-state index in [1.54, 1.807) is 27.7 Å². The number of primary amides is 1. The molecule has 67 heavy (non-hydrogen) atoms. The molecule has 8 amide bonds. The molecular weight excluding hydrogens is 883 g/mol. The van der Waals surface area contributed by atoms with Crippen LogP contribution in [0.4, 0.5) is 0 Å². The lowest BCUT2D eigenvalue weighted by Crippen LogP contribution is -2.62. The molecule has 0 radical (unpaired) electrons. The molecule has 0 saturated carbocycles. The number of guanidine groups is 2. The topological polar surface area (TPSA) is 476 Å². The third-order valence-electron chi connectivity index (χ3n) is 9.92. The van der Waals surface area contributed by atoms with Crippen molar-refractivity contribution in [3.05, 3.63) is 0 Å². The minimum absolute atomic E-state index is 0.00513. The van der Waals surface area contributed by atoms with Gasteiger partial charge in [0.25, 0.3) is 0 Å². The van der Waals surface area contributed by atoms with Crippen LogP contribution in [-0.4, -0.2) is 143 Å². The van der Waals surface area contributed by atoms with E-state index in [-0.39, 0.29) is 44.3 Å². The van der Waals surface area contributed by atoms with E-state index in [9.17, 15) is 58.2 Å². The minimum Gasteiger partial charge on any atom is -0.481 e. The highest BCUT2D eigenvalue weighted by atomic mass is 16.4. The normalized spacial score (nSPS) is 14.7. The predicted molar refractivity (Wildman–Crippen MR) is 244 cm³/mol. The molecule has 27 heteroatoms. The second-order valence-corrected chi connectivity index (χ2v) is 17.2. The SMILES string of the molecule is CC(C)[C@H](NC(=O)[C@H](CC(=O)O)NC(=O)[C@@H](NC(=O)[C@H](CCCN=C(N)N)NC(=O)[C@@H](NC(=O)[C@H](CC(=O)O)NC(=O)[C@@H](NC(=O)[C@@H](N)CCCN=C(N)N)C(C)C)C(C)C)C(C)C)C(N)=O. The van der Waals surface area contributed by atoms with E-state index in [1.165, 1.54) is 27.7 Å². The van der Waals surface area contributed by atoms with Crippen LogP contribution in [0.25, 0.3) is 0 Å². The summed E-state index contributed by atoms with van der Waals surface area (Å²) in [6.45, 7) is 12.7. The number of carbonyl (C=O) groups is 10. The first kappa shape index (κ1) is 60.2. The van der Waals surface area contributed by atoms with Crippen molar-refractivity contribution in [3.8, 4) is 0 Å². The van der Waals surface area contributed by atoms with Crippen LogP contribution in [0.2, 0.25) is 0 Å². The Bertz CT molecular complexity index is 1800. The summed E-state index contributed by atoms with van der Waals surface area (Å²) in [7, 11) is 0. The Balaban J connectivity index is 6.50. The van der Waals surface area contributed by atoms with Crippen molar-refractivity contribution in [1.29, 1.82) is 0 Å². The number of aliphatic imine (C=N–C) groups is 2. The van der Waals surface area contributed by atoms with Crippen LogP contribution in [-0.2, 0) is 47.9 Å². The quantitative estimate of drug-likeness (QED) is 0.0176. The molecule has 0 fully saturated rings. The summed E-state index contributed by atoms with van der Waals surface area (Å²) in [5.41, 5.74) is 32.9. The number of aliphatic carboxylic acids is 2. The van der Waals surface area contributed by atoms with E-state index in [0.29, 0.717) is 6.42 Å². The lowest BCUT2D eigenvalue weighted by atomic mass is 9.99. The Labute approximate surface area is 389 Å². The van der Waals surface area contributed by atoms with E-state index in [2.05, 4.69) is 47.2 Å². The molecule has 8 atom stereocenters. The summed E-state index contributed by atoms with van der Waals surface area (Å²) in [5, 5.41) is 36.2. The average Bonchev–Trinajstić information content (AvgIpc) is 3.20. The van der Waals surface area contributed by atoms with Crippen LogP contribution in [0.1, 0.15) is 93.9 Å². The third-order valence-corrected chi connectivity index (χ3v) is 9.92. The molecule has 0 aliphatic rings. The van der Waals surface area contributed by atoms with Gasteiger partial charge in [0, 0.05) is 13.1 Å². The standard InChI is InChI=1S/C40H73N15O12/c1-17(2)27(31(42)60)52-34(63)23(15-25(56)57)50-38(67)30(20(7)8)54-33(62)22(12-10-14-48-40(45)46)49-36(65)29(19(5)6)55-35(64)24(16-26(58)59)51-37(66)28(18(3)4)53-32(61)21(41)11-9-13-47-39(43)44/h17-24,27-30H,9-16,41H2,1-8H3,(H2,42,60)(H,49,65)(H,50,67)(H,51,66)(H,52,63)(H,53,61)(H,54,62)(H,55,64)(H,56,57)(H,58,59)(H4,43,44,47)(H4,45,46,48)/t21-,22-,23-,24-,27-,28-,29-,30-/m0/s1. The Kier molecular flexibility index (Phi) is 26.7. The maximum atomic E-state index is 13.9. The molecular formula is C40H73N15O12. The number of rotatable bonds is 31. The number of nitrogens with zero attached hydrogens (tertiary/aromatic N) is 2. The zero-order valence-corrected chi connectivity index (χ0v) is 39.4. The van der Waals surface area contributed by atoms with Crippen LogP contribution >= 0.6 is 0 Å². The van der Waals surface area contributed by atoms with Gasteiger partial charge in [0.05, 0.1) is 18.9 Å². The van der Waals surface area contributed by atoms with Crippen LogP contribution < -0.4 is 71.6 Å². The Hall–Kier alpha value is -6.80. The van der Waals surface area contributed by atoms with E-state index >= 15 is 0 Å². The fraction of sp³-hybridized carbons (Fsp3) is 0.700. The number of amides is 8. The molecule has 0 aromatic heterocycles. The lowest BCUT2D eigenvalue weighted by Gasteiger charge is -2.30. The van der Waals surface area contributed by atoms with Crippen LogP contribution in [0.15, 0.2) is 9.98 Å². The summed E-state index contributed by atoms with van der Waals surface area (Å²) in [6, 6.07) is -11.4. The number of carbonyl (C=O) groups excluding carboxylic acids is 8. The van der Waals surface area contributed by atoms with Gasteiger partial charge in [-0.15, -0.1) is 0 Å². The molecule has 0 unspecified atom stereocenters. The summed E-state index contributed by atoms with van der Waals surface area (Å²) < 4.78 is 0. The molecule has 0 aliphatic carbocycles. The lowest BCUT2D eigenvalue weighted by molar-refractivity contribution is -0.142. The minimum atomic E-state index is -1.77. The number of carboxylic acids is 2. The largest absolute Gasteiger partial charge is 0.481 e. The van der Waals surface area contributed by atoms with Gasteiger partial charge in [-0.1, -0.05) is 55.4 Å². The molecule has 0 bridgehead atoms. The van der Waals surface area contributed by atoms with Gasteiger partial charge < -0.3 is 81.8 Å². The zero-order chi connectivity index (χ0) is 51.9. The average molecular weight is 956 g/mol. The fourth-order valence-electron chi connectivity index (χ4n) is 6.17. The summed E-state index contributed by atoms with van der Waals surface area (Å²) in [6.07, 6.45) is -1.41. The Morgan fingerprint density at radius 3 is 1.03 bits per heavy atom. The molecule has 0 rings (SSSR count). The molecule has 0 heterocycles. The Morgan fingerprint density at radius 1 is 0.418 bits per heavy atom. The third kappa shape index (κ3) is 23.3. The van der Waals surface area contributed by atoms with Crippen molar-refractivity contribution >= 4 is 71.1 Å². The van der Waals surface area contributed by atoms with E-state index < -0.39 is 144 Å². The van der Waals surface area contributed by atoms with Crippen LogP contribution in [0.3, 0.4) is 0 Å². The first-order valence-electron chi connectivity index (χ1n) is 21.7. The van der Waals surface area contributed by atoms with Crippen LogP contribution in [0.5, 0.6) is 0 Å². The number of hydrogen-bond donors (Lipinski definition) is 15. The van der Waals surface area contributed by atoms with Crippen molar-refractivity contribution in [2.24, 2.45) is 68.1 Å². The predicted octanol–water partition coefficient (Wildman–Crippen LogP) is -5.13. The van der Waals surface area contributed by atoms with Gasteiger partial charge in [-0.05, 0) is 49.4 Å². The molecule has 380 valence electrons. The summed E-state index contributed by atoms with van der Waals surface area (Å²) in [4.78, 5) is 138. The van der Waals surface area contributed by atoms with Gasteiger partial charge in [0.2, 0.25) is 47.3 Å². The summed E-state index contributed by atoms with van der Waals surface area (Å²) >= 11 is 0. The van der Waals surface area contributed by atoms with Gasteiger partial charge in [-0.25, -0.2) is 0 Å². The second-order valence-electron chi connectivity index (χ2n) is 17.2. The molecule has 21 N–H and O–H groups in total. The first-order valence-corrected chi connectivity index (χ1v) is 21.7. The smallest absolute Gasteiger partial charge is 0.305 e. The van der Waals surface area contributed by atoms with Crippen molar-refractivity contribution in [3.63, 3.8) is 0 Å². The maximum absolute atomic E-state index is 13.9. The van der Waals surface area contributed by atoms with Gasteiger partial charge in [0.1, 0.15) is 42.3 Å². The van der Waals surface area contributed by atoms with Gasteiger partial charge >= 0.3 is 11.9 Å². The summed E-state index contributed by atoms with van der Waals surface area (Å²) in [5.74, 6) is -13.4. The highest BCUT2D eigenvalue weighted by molar-refractivity contribution is 5.99. The maximum Gasteiger partial charge on any atom is 0.305 e. The van der Waals surface area contributed by atoms with Crippen LogP contribution in [0, 0.1) is 23.7 Å². The van der Waals surface area contributed by atoms with Gasteiger partial charge in [-0.3, -0.25) is 57.9 Å². The fourth-order valence-corrected chi connectivity index (χ4v) is 6.17. The van der Waals surface area contributed by atoms with E-state index in [4.69, 9.17) is 34.4 Å².